The van der Waals surface area contributed by atoms with Crippen LogP contribution in [0.4, 0.5) is 13.2 Å². The Hall–Kier alpha value is -1.47. The number of benzene rings is 1. The maximum Gasteiger partial charge on any atom is 0.416 e. The van der Waals surface area contributed by atoms with Gasteiger partial charge in [-0.2, -0.15) is 13.2 Å². The molecule has 1 aliphatic heterocycles. The minimum Gasteiger partial charge on any atom is -0.381 e. The van der Waals surface area contributed by atoms with Crippen LogP contribution in [0.1, 0.15) is 31.4 Å². The summed E-state index contributed by atoms with van der Waals surface area (Å²) in [4.78, 5) is 6.67. The smallest absolute Gasteiger partial charge is 0.381 e. The predicted octanol–water partition coefficient (Wildman–Crippen LogP) is 4.00. The summed E-state index contributed by atoms with van der Waals surface area (Å²) in [5.41, 5.74) is -0.355. The van der Waals surface area contributed by atoms with E-state index in [2.05, 4.69) is 27.0 Å². The van der Waals surface area contributed by atoms with Crippen LogP contribution < -0.4 is 5.32 Å². The van der Waals surface area contributed by atoms with Crippen molar-refractivity contribution in [3.63, 3.8) is 0 Å². The maximum atomic E-state index is 12.7. The quantitative estimate of drug-likeness (QED) is 0.282. The van der Waals surface area contributed by atoms with Crippen molar-refractivity contribution in [1.29, 1.82) is 0 Å². The molecule has 0 aromatic heterocycles. The average molecular weight is 509 g/mol. The second-order valence-electron chi connectivity index (χ2n) is 6.31. The van der Waals surface area contributed by atoms with E-state index in [-0.39, 0.29) is 30.5 Å². The van der Waals surface area contributed by atoms with E-state index >= 15 is 0 Å². The van der Waals surface area contributed by atoms with Gasteiger partial charge in [-0.05, 0) is 38.5 Å². The Morgan fingerprint density at radius 3 is 2.82 bits per heavy atom. The number of rotatable bonds is 5. The standard InChI is InChI=1S/C20H26F3N3O.HI/c1-3-24-19(26-12-10-17(14-26)15-27-4-2)25-11-6-8-16-7-5-9-18(13-16)20(21,22)23;/h5,7,9,13,17H,3-4,10-12,14-15H2,1-2H3,(H,24,25);1H. The van der Waals surface area contributed by atoms with Crippen molar-refractivity contribution in [1.82, 2.24) is 10.2 Å². The largest absolute Gasteiger partial charge is 0.416 e. The fourth-order valence-electron chi connectivity index (χ4n) is 2.90. The Labute approximate surface area is 181 Å². The number of halogens is 4. The summed E-state index contributed by atoms with van der Waals surface area (Å²) in [5.74, 6) is 6.88. The minimum absolute atomic E-state index is 0. The van der Waals surface area contributed by atoms with E-state index in [0.717, 1.165) is 57.4 Å². The molecule has 0 spiro atoms. The molecular weight excluding hydrogens is 482 g/mol. The number of nitrogens with one attached hydrogen (secondary N) is 1. The first-order chi connectivity index (χ1) is 12.9. The maximum absolute atomic E-state index is 12.7. The molecule has 4 nitrogen and oxygen atoms in total. The molecule has 156 valence electrons. The van der Waals surface area contributed by atoms with Crippen LogP contribution in [-0.4, -0.2) is 50.3 Å². The van der Waals surface area contributed by atoms with Crippen LogP contribution in [0.5, 0.6) is 0 Å². The number of hydrogen-bond acceptors (Lipinski definition) is 2. The highest BCUT2D eigenvalue weighted by atomic mass is 127. The number of ether oxygens (including phenoxy) is 1. The molecule has 0 aliphatic carbocycles. The van der Waals surface area contributed by atoms with Gasteiger partial charge in [-0.3, -0.25) is 0 Å². The van der Waals surface area contributed by atoms with Gasteiger partial charge in [-0.1, -0.05) is 17.9 Å². The molecule has 0 saturated carbocycles. The van der Waals surface area contributed by atoms with Gasteiger partial charge in [-0.15, -0.1) is 24.0 Å². The van der Waals surface area contributed by atoms with Crippen LogP contribution in [0.25, 0.3) is 0 Å². The van der Waals surface area contributed by atoms with E-state index < -0.39 is 11.7 Å². The zero-order valence-electron chi connectivity index (χ0n) is 16.2. The van der Waals surface area contributed by atoms with Gasteiger partial charge in [0.15, 0.2) is 5.96 Å². The van der Waals surface area contributed by atoms with Crippen molar-refractivity contribution in [2.75, 3.05) is 39.4 Å². The highest BCUT2D eigenvalue weighted by molar-refractivity contribution is 14.0. The van der Waals surface area contributed by atoms with Crippen LogP contribution in [0, 0.1) is 17.8 Å². The number of nitrogens with zero attached hydrogens (tertiary/aromatic N) is 2. The second kappa shape index (κ2) is 12.2. The Morgan fingerprint density at radius 1 is 1.36 bits per heavy atom. The first-order valence-electron chi connectivity index (χ1n) is 9.21. The Kier molecular flexibility index (Phi) is 10.7. The van der Waals surface area contributed by atoms with Crippen LogP contribution in [0.3, 0.4) is 0 Å². The number of likely N-dealkylation sites (tertiary alicyclic amines) is 1. The average Bonchev–Trinajstić information content (AvgIpc) is 3.11. The Morgan fingerprint density at radius 2 is 2.14 bits per heavy atom. The summed E-state index contributed by atoms with van der Waals surface area (Å²) in [5, 5.41) is 3.25. The fourth-order valence-corrected chi connectivity index (χ4v) is 2.90. The third-order valence-electron chi connectivity index (χ3n) is 4.21. The molecule has 1 atom stereocenters. The molecule has 1 unspecified atom stereocenters. The molecule has 1 N–H and O–H groups in total. The van der Waals surface area contributed by atoms with Crippen LogP contribution in [0.15, 0.2) is 29.3 Å². The highest BCUT2D eigenvalue weighted by Gasteiger charge is 2.30. The van der Waals surface area contributed by atoms with Crippen LogP contribution in [0.2, 0.25) is 0 Å². The fraction of sp³-hybridized carbons (Fsp3) is 0.550. The predicted molar refractivity (Wildman–Crippen MR) is 116 cm³/mol. The Bertz CT molecular complexity index is 698. The van der Waals surface area contributed by atoms with Gasteiger partial charge >= 0.3 is 6.18 Å². The summed E-state index contributed by atoms with van der Waals surface area (Å²) in [6.45, 7) is 8.21. The molecule has 0 amide bonds. The first kappa shape index (κ1) is 24.6. The van der Waals surface area contributed by atoms with Crippen molar-refractivity contribution >= 4 is 29.9 Å². The summed E-state index contributed by atoms with van der Waals surface area (Å²) < 4.78 is 43.7. The molecule has 0 radical (unpaired) electrons. The topological polar surface area (TPSA) is 36.9 Å². The monoisotopic (exact) mass is 509 g/mol. The number of aliphatic imine (C=N–C) groups is 1. The van der Waals surface area contributed by atoms with Gasteiger partial charge in [-0.25, -0.2) is 4.99 Å². The third kappa shape index (κ3) is 7.87. The molecule has 1 saturated heterocycles. The molecule has 8 heteroatoms. The molecule has 1 aromatic carbocycles. The summed E-state index contributed by atoms with van der Waals surface area (Å²) in [6.07, 6.45) is -3.30. The molecule has 1 aromatic rings. The zero-order chi connectivity index (χ0) is 19.7. The van der Waals surface area contributed by atoms with E-state index in [4.69, 9.17) is 4.74 Å². The summed E-state index contributed by atoms with van der Waals surface area (Å²) >= 11 is 0. The van der Waals surface area contributed by atoms with E-state index in [0.29, 0.717) is 11.5 Å². The molecule has 2 rings (SSSR count). The van der Waals surface area contributed by atoms with Crippen LogP contribution in [-0.2, 0) is 10.9 Å². The molecule has 0 bridgehead atoms. The van der Waals surface area contributed by atoms with Gasteiger partial charge in [0, 0.05) is 37.7 Å². The van der Waals surface area contributed by atoms with Crippen LogP contribution >= 0.6 is 24.0 Å². The van der Waals surface area contributed by atoms with Crippen molar-refractivity contribution in [3.05, 3.63) is 35.4 Å². The van der Waals surface area contributed by atoms with Gasteiger partial charge < -0.3 is 15.0 Å². The number of alkyl halides is 3. The molecule has 28 heavy (non-hydrogen) atoms. The van der Waals surface area contributed by atoms with E-state index in [1.165, 1.54) is 6.07 Å². The van der Waals surface area contributed by atoms with E-state index in [1.54, 1.807) is 6.07 Å². The molecular formula is C20H27F3IN3O. The van der Waals surface area contributed by atoms with Gasteiger partial charge in [0.1, 0.15) is 6.54 Å². The summed E-state index contributed by atoms with van der Waals surface area (Å²) in [6, 6.07) is 5.03. The SMILES string of the molecule is CCNC(=NCC#Cc1cccc(C(F)(F)F)c1)N1CCC(COCC)C1.I. The van der Waals surface area contributed by atoms with E-state index in [1.807, 2.05) is 13.8 Å². The lowest BCUT2D eigenvalue weighted by Crippen LogP contribution is -2.40. The van der Waals surface area contributed by atoms with Crippen molar-refractivity contribution in [2.45, 2.75) is 26.4 Å². The molecule has 1 heterocycles. The normalized spacial score (nSPS) is 17.0. The second-order valence-corrected chi connectivity index (χ2v) is 6.31. The van der Waals surface area contributed by atoms with E-state index in [9.17, 15) is 13.2 Å². The van der Waals surface area contributed by atoms with Crippen molar-refractivity contribution < 1.29 is 17.9 Å². The van der Waals surface area contributed by atoms with Crippen molar-refractivity contribution in [3.8, 4) is 11.8 Å². The molecule has 1 fully saturated rings. The summed E-state index contributed by atoms with van der Waals surface area (Å²) in [7, 11) is 0. The lowest BCUT2D eigenvalue weighted by atomic mass is 10.1. The number of hydrogen-bond donors (Lipinski definition) is 1. The number of guanidine groups is 1. The zero-order valence-corrected chi connectivity index (χ0v) is 18.5. The van der Waals surface area contributed by atoms with Gasteiger partial charge in [0.05, 0.1) is 12.2 Å². The first-order valence-corrected chi connectivity index (χ1v) is 9.21. The van der Waals surface area contributed by atoms with Crippen molar-refractivity contribution in [2.24, 2.45) is 10.9 Å². The van der Waals surface area contributed by atoms with Gasteiger partial charge in [0.25, 0.3) is 0 Å². The lowest BCUT2D eigenvalue weighted by Gasteiger charge is -2.21. The Balaban J connectivity index is 0.00000392. The van der Waals surface area contributed by atoms with Gasteiger partial charge in [0.2, 0.25) is 0 Å². The minimum atomic E-state index is -4.36. The molecule has 1 aliphatic rings. The third-order valence-corrected chi connectivity index (χ3v) is 4.21. The lowest BCUT2D eigenvalue weighted by molar-refractivity contribution is -0.137. The highest BCUT2D eigenvalue weighted by Crippen LogP contribution is 2.29.